The van der Waals surface area contributed by atoms with Crippen LogP contribution in [0.1, 0.15) is 18.9 Å². The molecule has 0 saturated carbocycles. The molecule has 0 spiro atoms. The van der Waals surface area contributed by atoms with E-state index in [1.807, 2.05) is 0 Å². The Morgan fingerprint density at radius 1 is 1.27 bits per heavy atom. The second-order valence-corrected chi connectivity index (χ2v) is 3.88. The molecule has 0 aliphatic rings. The molecule has 0 fully saturated rings. The molecule has 0 saturated heterocycles. The summed E-state index contributed by atoms with van der Waals surface area (Å²) in [5.74, 6) is 0. The van der Waals surface area contributed by atoms with Crippen molar-refractivity contribution in [3.05, 3.63) is 35.9 Å². The van der Waals surface area contributed by atoms with Crippen LogP contribution < -0.4 is 5.19 Å². The van der Waals surface area contributed by atoms with Crippen LogP contribution >= 0.6 is 0 Å². The number of allylic oxidation sites excluding steroid dienone is 1. The van der Waals surface area contributed by atoms with Crippen LogP contribution in [0, 0.1) is 0 Å². The fourth-order valence-corrected chi connectivity index (χ4v) is 1.26. The van der Waals surface area contributed by atoms with Crippen molar-refractivity contribution in [2.45, 2.75) is 13.3 Å². The molecule has 58 valence electrons. The van der Waals surface area contributed by atoms with E-state index in [2.05, 4.69) is 43.3 Å². The Morgan fingerprint density at radius 2 is 1.91 bits per heavy atom. The van der Waals surface area contributed by atoms with E-state index >= 15 is 0 Å². The van der Waals surface area contributed by atoms with Gasteiger partial charge in [0.15, 0.2) is 0 Å². The lowest BCUT2D eigenvalue weighted by molar-refractivity contribution is 1.23. The fourth-order valence-electron chi connectivity index (χ4n) is 0.931. The molecule has 0 bridgehead atoms. The van der Waals surface area contributed by atoms with Crippen LogP contribution in [0.2, 0.25) is 0 Å². The Kier molecular flexibility index (Phi) is 3.11. The van der Waals surface area contributed by atoms with Crippen molar-refractivity contribution in [2.24, 2.45) is 0 Å². The summed E-state index contributed by atoms with van der Waals surface area (Å²) in [5, 5.41) is 1.46. The van der Waals surface area contributed by atoms with Gasteiger partial charge in [-0.15, -0.1) is 0 Å². The zero-order valence-electron chi connectivity index (χ0n) is 7.17. The first-order valence-electron chi connectivity index (χ1n) is 4.06. The topological polar surface area (TPSA) is 0 Å². The third-order valence-corrected chi connectivity index (χ3v) is 2.29. The van der Waals surface area contributed by atoms with Crippen molar-refractivity contribution in [1.29, 1.82) is 0 Å². The zero-order chi connectivity index (χ0) is 8.10. The predicted molar refractivity (Wildman–Crippen MR) is 55.3 cm³/mol. The van der Waals surface area contributed by atoms with Crippen molar-refractivity contribution < 1.29 is 0 Å². The molecule has 1 heteroatoms. The van der Waals surface area contributed by atoms with Gasteiger partial charge < -0.3 is 0 Å². The van der Waals surface area contributed by atoms with Crippen LogP contribution in [0.4, 0.5) is 0 Å². The first-order chi connectivity index (χ1) is 5.33. The van der Waals surface area contributed by atoms with Crippen molar-refractivity contribution in [3.63, 3.8) is 0 Å². The maximum Gasteiger partial charge on any atom is 0.0384 e. The SMILES string of the molecule is CC/C=C\c1ccc([SiH3])cc1. The van der Waals surface area contributed by atoms with Gasteiger partial charge >= 0.3 is 0 Å². The van der Waals surface area contributed by atoms with Gasteiger partial charge in [0, 0.05) is 10.2 Å². The van der Waals surface area contributed by atoms with Gasteiger partial charge in [0.1, 0.15) is 0 Å². The standard InChI is InChI=1S/C10H14Si/c1-2-3-4-9-5-7-10(11)8-6-9/h3-8H,2H2,1,11H3/b4-3-. The van der Waals surface area contributed by atoms with Crippen LogP contribution in [0.5, 0.6) is 0 Å². The molecule has 0 amide bonds. The van der Waals surface area contributed by atoms with Gasteiger partial charge in [-0.1, -0.05) is 48.5 Å². The lowest BCUT2D eigenvalue weighted by Crippen LogP contribution is -1.98. The molecule has 0 unspecified atom stereocenters. The summed E-state index contributed by atoms with van der Waals surface area (Å²) in [6.07, 6.45) is 5.46. The lowest BCUT2D eigenvalue weighted by Gasteiger charge is -1.93. The Bertz CT molecular complexity index is 234. The van der Waals surface area contributed by atoms with Gasteiger partial charge in [-0.25, -0.2) is 0 Å². The molecule has 0 aromatic heterocycles. The number of hydrogen-bond acceptors (Lipinski definition) is 0. The molecule has 0 atom stereocenters. The van der Waals surface area contributed by atoms with Gasteiger partial charge in [0.05, 0.1) is 0 Å². The molecule has 0 heterocycles. The highest BCUT2D eigenvalue weighted by molar-refractivity contribution is 6.32. The molecular formula is C10H14Si. The Hall–Kier alpha value is -0.823. The minimum atomic E-state index is 1.11. The van der Waals surface area contributed by atoms with E-state index in [4.69, 9.17) is 0 Å². The molecule has 11 heavy (non-hydrogen) atoms. The van der Waals surface area contributed by atoms with Crippen molar-refractivity contribution in [1.82, 2.24) is 0 Å². The highest BCUT2D eigenvalue weighted by atomic mass is 28.1. The van der Waals surface area contributed by atoms with Crippen molar-refractivity contribution >= 4 is 21.5 Å². The maximum absolute atomic E-state index is 2.20. The van der Waals surface area contributed by atoms with Crippen molar-refractivity contribution in [2.75, 3.05) is 0 Å². The zero-order valence-corrected chi connectivity index (χ0v) is 9.17. The summed E-state index contributed by atoms with van der Waals surface area (Å²) in [4.78, 5) is 0. The summed E-state index contributed by atoms with van der Waals surface area (Å²) in [6, 6.07) is 8.74. The van der Waals surface area contributed by atoms with Gasteiger partial charge in [-0.3, -0.25) is 0 Å². The number of hydrogen-bond donors (Lipinski definition) is 0. The monoisotopic (exact) mass is 162 g/mol. The molecule has 0 radical (unpaired) electrons. The summed E-state index contributed by atoms with van der Waals surface area (Å²) >= 11 is 0. The second kappa shape index (κ2) is 4.14. The first kappa shape index (κ1) is 8.28. The summed E-state index contributed by atoms with van der Waals surface area (Å²) in [7, 11) is 1.15. The average molecular weight is 162 g/mol. The quantitative estimate of drug-likeness (QED) is 0.571. The van der Waals surface area contributed by atoms with E-state index in [9.17, 15) is 0 Å². The Balaban J connectivity index is 2.73. The highest BCUT2D eigenvalue weighted by Gasteiger charge is 1.83. The number of benzene rings is 1. The first-order valence-corrected chi connectivity index (χ1v) is 5.06. The van der Waals surface area contributed by atoms with E-state index in [0.29, 0.717) is 0 Å². The third-order valence-electron chi connectivity index (χ3n) is 1.62. The molecule has 1 aromatic carbocycles. The molecule has 1 aromatic rings. The van der Waals surface area contributed by atoms with E-state index in [1.54, 1.807) is 0 Å². The summed E-state index contributed by atoms with van der Waals surface area (Å²) < 4.78 is 0. The summed E-state index contributed by atoms with van der Waals surface area (Å²) in [6.45, 7) is 2.15. The average Bonchev–Trinajstić information content (AvgIpc) is 2.04. The Morgan fingerprint density at radius 3 is 2.45 bits per heavy atom. The van der Waals surface area contributed by atoms with E-state index in [1.165, 1.54) is 10.8 Å². The van der Waals surface area contributed by atoms with Crippen molar-refractivity contribution in [3.8, 4) is 0 Å². The fraction of sp³-hybridized carbons (Fsp3) is 0.200. The normalized spacial score (nSPS) is 11.0. The molecule has 0 nitrogen and oxygen atoms in total. The molecule has 1 rings (SSSR count). The molecule has 0 aliphatic heterocycles. The number of rotatable bonds is 2. The largest absolute Gasteiger partial charge is 0.0842 e. The third kappa shape index (κ3) is 2.72. The summed E-state index contributed by atoms with van der Waals surface area (Å²) in [5.41, 5.74) is 1.31. The minimum absolute atomic E-state index is 1.11. The molecule has 0 aliphatic carbocycles. The van der Waals surface area contributed by atoms with Crippen LogP contribution in [-0.2, 0) is 0 Å². The lowest BCUT2D eigenvalue weighted by atomic mass is 10.2. The van der Waals surface area contributed by atoms with E-state index in [0.717, 1.165) is 16.7 Å². The maximum atomic E-state index is 2.20. The van der Waals surface area contributed by atoms with Crippen LogP contribution in [0.3, 0.4) is 0 Å². The van der Waals surface area contributed by atoms with E-state index < -0.39 is 0 Å². The van der Waals surface area contributed by atoms with Gasteiger partial charge in [0.2, 0.25) is 0 Å². The predicted octanol–water partition coefficient (Wildman–Crippen LogP) is 1.10. The smallest absolute Gasteiger partial charge is 0.0384 e. The molecule has 0 N–H and O–H groups in total. The van der Waals surface area contributed by atoms with Crippen LogP contribution in [0.15, 0.2) is 30.3 Å². The van der Waals surface area contributed by atoms with Crippen LogP contribution in [0.25, 0.3) is 6.08 Å². The van der Waals surface area contributed by atoms with Gasteiger partial charge in [-0.2, -0.15) is 0 Å². The minimum Gasteiger partial charge on any atom is -0.0842 e. The van der Waals surface area contributed by atoms with E-state index in [-0.39, 0.29) is 0 Å². The highest BCUT2D eigenvalue weighted by Crippen LogP contribution is 1.99. The van der Waals surface area contributed by atoms with Gasteiger partial charge in [-0.05, 0) is 12.0 Å². The molecular weight excluding hydrogens is 148 g/mol. The second-order valence-electron chi connectivity index (χ2n) is 2.72. The Labute approximate surface area is 71.4 Å². The van der Waals surface area contributed by atoms with Crippen LogP contribution in [-0.4, -0.2) is 10.2 Å². The van der Waals surface area contributed by atoms with Gasteiger partial charge in [0.25, 0.3) is 0 Å².